The SMILES string of the molecule is CC(C)(CO)CCCc1cc(=O)cc(CCCc2cc(=O)cc(CCCC(C)(C)C(=O)O)o2)o1. The molecule has 0 aliphatic heterocycles. The standard InChI is InChI=1S/C27H38O7/c1-26(2,18-28)12-6-10-23-16-19(29)14-21(33-23)8-5-9-22-15-20(30)17-24(34-22)11-7-13-27(3,4)25(31)32/h14-17,28H,5-13,18H2,1-4H3,(H,31,32). The molecular formula is C27H38O7. The summed E-state index contributed by atoms with van der Waals surface area (Å²) in [6.07, 6.45) is 5.63. The predicted molar refractivity (Wildman–Crippen MR) is 130 cm³/mol. The molecule has 2 heterocycles. The van der Waals surface area contributed by atoms with E-state index in [2.05, 4.69) is 0 Å². The van der Waals surface area contributed by atoms with Crippen LogP contribution < -0.4 is 10.9 Å². The van der Waals surface area contributed by atoms with Crippen molar-refractivity contribution in [2.75, 3.05) is 6.61 Å². The number of rotatable bonds is 14. The summed E-state index contributed by atoms with van der Waals surface area (Å²) >= 11 is 0. The Kier molecular flexibility index (Phi) is 9.86. The summed E-state index contributed by atoms with van der Waals surface area (Å²) < 4.78 is 11.7. The molecule has 2 rings (SSSR count). The Morgan fingerprint density at radius 3 is 1.50 bits per heavy atom. The van der Waals surface area contributed by atoms with Gasteiger partial charge in [-0.05, 0) is 51.4 Å². The Bertz CT molecular complexity index is 1060. The van der Waals surface area contributed by atoms with Gasteiger partial charge in [0.1, 0.15) is 23.0 Å². The lowest BCUT2D eigenvalue weighted by Gasteiger charge is -2.20. The van der Waals surface area contributed by atoms with Crippen molar-refractivity contribution in [3.05, 3.63) is 67.8 Å². The average molecular weight is 475 g/mol. The fourth-order valence-corrected chi connectivity index (χ4v) is 3.73. The number of aliphatic hydroxyl groups excluding tert-OH is 1. The fourth-order valence-electron chi connectivity index (χ4n) is 3.73. The quantitative estimate of drug-likeness (QED) is 0.412. The second-order valence-corrected chi connectivity index (χ2v) is 10.5. The first kappa shape index (κ1) is 27.6. The summed E-state index contributed by atoms with van der Waals surface area (Å²) in [6, 6.07) is 5.94. The molecule has 0 amide bonds. The molecule has 0 radical (unpaired) electrons. The first-order valence-corrected chi connectivity index (χ1v) is 12.0. The molecule has 2 aromatic heterocycles. The zero-order valence-corrected chi connectivity index (χ0v) is 20.8. The molecule has 0 spiro atoms. The molecule has 0 fully saturated rings. The Balaban J connectivity index is 1.91. The number of hydrogen-bond donors (Lipinski definition) is 2. The van der Waals surface area contributed by atoms with E-state index in [0.717, 1.165) is 12.8 Å². The van der Waals surface area contributed by atoms with E-state index in [4.69, 9.17) is 8.83 Å². The van der Waals surface area contributed by atoms with Gasteiger partial charge in [0.15, 0.2) is 10.9 Å². The van der Waals surface area contributed by atoms with E-state index < -0.39 is 11.4 Å². The molecule has 34 heavy (non-hydrogen) atoms. The van der Waals surface area contributed by atoms with Gasteiger partial charge < -0.3 is 19.0 Å². The molecular weight excluding hydrogens is 436 g/mol. The zero-order valence-electron chi connectivity index (χ0n) is 20.8. The topological polar surface area (TPSA) is 118 Å². The molecule has 7 heteroatoms. The predicted octanol–water partition coefficient (Wildman–Crippen LogP) is 4.54. The number of aryl methyl sites for hydroxylation is 4. The van der Waals surface area contributed by atoms with Crippen LogP contribution in [0.3, 0.4) is 0 Å². The van der Waals surface area contributed by atoms with E-state index in [1.54, 1.807) is 13.8 Å². The van der Waals surface area contributed by atoms with Crippen LogP contribution in [0.4, 0.5) is 0 Å². The van der Waals surface area contributed by atoms with Gasteiger partial charge in [-0.3, -0.25) is 14.4 Å². The molecule has 0 unspecified atom stereocenters. The monoisotopic (exact) mass is 474 g/mol. The van der Waals surface area contributed by atoms with Gasteiger partial charge in [-0.2, -0.15) is 0 Å². The van der Waals surface area contributed by atoms with Crippen LogP contribution >= 0.6 is 0 Å². The van der Waals surface area contributed by atoms with Gasteiger partial charge in [-0.1, -0.05) is 13.8 Å². The minimum absolute atomic E-state index is 0.0875. The third kappa shape index (κ3) is 9.29. The lowest BCUT2D eigenvalue weighted by molar-refractivity contribution is -0.147. The van der Waals surface area contributed by atoms with E-state index >= 15 is 0 Å². The van der Waals surface area contributed by atoms with Crippen molar-refractivity contribution in [3.63, 3.8) is 0 Å². The van der Waals surface area contributed by atoms with Crippen LogP contribution in [-0.4, -0.2) is 22.8 Å². The molecule has 7 nitrogen and oxygen atoms in total. The second-order valence-electron chi connectivity index (χ2n) is 10.5. The summed E-state index contributed by atoms with van der Waals surface area (Å²) in [7, 11) is 0. The highest BCUT2D eigenvalue weighted by molar-refractivity contribution is 5.73. The maximum absolute atomic E-state index is 12.1. The van der Waals surface area contributed by atoms with Crippen LogP contribution in [0.2, 0.25) is 0 Å². The first-order chi connectivity index (χ1) is 15.9. The van der Waals surface area contributed by atoms with E-state index in [1.165, 1.54) is 24.3 Å². The van der Waals surface area contributed by atoms with E-state index in [1.807, 2.05) is 13.8 Å². The van der Waals surface area contributed by atoms with Crippen molar-refractivity contribution in [1.82, 2.24) is 0 Å². The number of aliphatic carboxylic acids is 1. The molecule has 0 saturated heterocycles. The van der Waals surface area contributed by atoms with E-state index in [-0.39, 0.29) is 22.9 Å². The summed E-state index contributed by atoms with van der Waals surface area (Å²) in [5, 5.41) is 18.6. The van der Waals surface area contributed by atoms with Crippen LogP contribution in [0.15, 0.2) is 42.7 Å². The van der Waals surface area contributed by atoms with Crippen LogP contribution in [0.5, 0.6) is 0 Å². The van der Waals surface area contributed by atoms with Crippen molar-refractivity contribution in [2.45, 2.75) is 85.5 Å². The molecule has 0 saturated carbocycles. The molecule has 2 aromatic rings. The average Bonchev–Trinajstić information content (AvgIpc) is 2.73. The van der Waals surface area contributed by atoms with Gasteiger partial charge in [0.05, 0.1) is 5.41 Å². The molecule has 0 aliphatic carbocycles. The number of carboxylic acids is 1. The molecule has 0 bridgehead atoms. The lowest BCUT2D eigenvalue weighted by Crippen LogP contribution is -2.23. The minimum atomic E-state index is -0.840. The van der Waals surface area contributed by atoms with Gasteiger partial charge in [-0.25, -0.2) is 0 Å². The summed E-state index contributed by atoms with van der Waals surface area (Å²) in [4.78, 5) is 35.4. The van der Waals surface area contributed by atoms with Crippen LogP contribution in [0, 0.1) is 10.8 Å². The third-order valence-corrected chi connectivity index (χ3v) is 6.09. The van der Waals surface area contributed by atoms with E-state index in [9.17, 15) is 24.6 Å². The smallest absolute Gasteiger partial charge is 0.309 e. The van der Waals surface area contributed by atoms with Gasteiger partial charge in [0, 0.05) is 56.6 Å². The maximum atomic E-state index is 12.1. The Morgan fingerprint density at radius 2 is 1.12 bits per heavy atom. The van der Waals surface area contributed by atoms with Gasteiger partial charge >= 0.3 is 5.97 Å². The Morgan fingerprint density at radius 1 is 0.735 bits per heavy atom. The summed E-state index contributed by atoms with van der Waals surface area (Å²) in [5.74, 6) is 1.55. The Labute approximate surface area is 200 Å². The molecule has 188 valence electrons. The highest BCUT2D eigenvalue weighted by atomic mass is 16.4. The van der Waals surface area contributed by atoms with Crippen molar-refractivity contribution >= 4 is 5.97 Å². The number of hydrogen-bond acceptors (Lipinski definition) is 6. The van der Waals surface area contributed by atoms with Gasteiger partial charge in [0.25, 0.3) is 0 Å². The summed E-state index contributed by atoms with van der Waals surface area (Å²) in [5.41, 5.74) is -1.18. The normalized spacial score (nSPS) is 12.1. The zero-order chi connectivity index (χ0) is 25.4. The van der Waals surface area contributed by atoms with Gasteiger partial charge in [-0.15, -0.1) is 0 Å². The largest absolute Gasteiger partial charge is 0.481 e. The Hall–Kier alpha value is -2.67. The minimum Gasteiger partial charge on any atom is -0.481 e. The fraction of sp³-hybridized carbons (Fsp3) is 0.593. The van der Waals surface area contributed by atoms with E-state index in [0.29, 0.717) is 68.0 Å². The second kappa shape index (κ2) is 12.2. The highest BCUT2D eigenvalue weighted by Crippen LogP contribution is 2.24. The number of carbonyl (C=O) groups is 1. The van der Waals surface area contributed by atoms with Crippen LogP contribution in [-0.2, 0) is 30.5 Å². The summed E-state index contributed by atoms with van der Waals surface area (Å²) in [6.45, 7) is 7.50. The van der Waals surface area contributed by atoms with Crippen LogP contribution in [0.1, 0.15) is 82.8 Å². The number of aliphatic hydroxyl groups is 1. The van der Waals surface area contributed by atoms with Crippen molar-refractivity contribution in [1.29, 1.82) is 0 Å². The maximum Gasteiger partial charge on any atom is 0.309 e. The van der Waals surface area contributed by atoms with Crippen molar-refractivity contribution in [2.24, 2.45) is 10.8 Å². The number of carboxylic acid groups (broad SMARTS) is 1. The highest BCUT2D eigenvalue weighted by Gasteiger charge is 2.26. The van der Waals surface area contributed by atoms with Crippen molar-refractivity contribution in [3.8, 4) is 0 Å². The molecule has 2 N–H and O–H groups in total. The van der Waals surface area contributed by atoms with Crippen LogP contribution in [0.25, 0.3) is 0 Å². The van der Waals surface area contributed by atoms with Crippen molar-refractivity contribution < 1.29 is 23.8 Å². The van der Waals surface area contributed by atoms with Gasteiger partial charge in [0.2, 0.25) is 0 Å². The molecule has 0 atom stereocenters. The molecule has 0 aromatic carbocycles. The third-order valence-electron chi connectivity index (χ3n) is 6.09. The lowest BCUT2D eigenvalue weighted by atomic mass is 9.87. The first-order valence-electron chi connectivity index (χ1n) is 12.0. The molecule has 0 aliphatic rings.